The lowest BCUT2D eigenvalue weighted by atomic mass is 10.2. The second kappa shape index (κ2) is 9.78. The lowest BCUT2D eigenvalue weighted by Gasteiger charge is -2.11. The number of ether oxygens (including phenoxy) is 1. The number of rotatable bonds is 7. The molecule has 3 aromatic rings. The molecule has 0 aromatic heterocycles. The zero-order chi connectivity index (χ0) is 24.1. The van der Waals surface area contributed by atoms with Crippen molar-refractivity contribution in [2.45, 2.75) is 11.1 Å². The molecule has 10 heteroatoms. The second-order valence-electron chi connectivity index (χ2n) is 6.80. The molecule has 0 aliphatic carbocycles. The minimum atomic E-state index is -4.59. The summed E-state index contributed by atoms with van der Waals surface area (Å²) in [5, 5.41) is 2.60. The van der Waals surface area contributed by atoms with Crippen molar-refractivity contribution >= 4 is 33.4 Å². The van der Waals surface area contributed by atoms with Gasteiger partial charge in [-0.3, -0.25) is 9.52 Å². The lowest BCUT2D eigenvalue weighted by molar-refractivity contribution is -0.137. The molecule has 172 valence electrons. The van der Waals surface area contributed by atoms with E-state index in [0.29, 0.717) is 17.5 Å². The Balaban J connectivity index is 1.65. The molecular weight excluding hydrogens is 457 g/mol. The van der Waals surface area contributed by atoms with Crippen LogP contribution in [0.3, 0.4) is 0 Å². The van der Waals surface area contributed by atoms with Gasteiger partial charge in [0.2, 0.25) is 5.91 Å². The van der Waals surface area contributed by atoms with E-state index in [2.05, 4.69) is 10.0 Å². The van der Waals surface area contributed by atoms with E-state index in [1.54, 1.807) is 37.5 Å². The summed E-state index contributed by atoms with van der Waals surface area (Å²) in [7, 11) is -2.58. The van der Waals surface area contributed by atoms with Gasteiger partial charge in [-0.05, 0) is 66.2 Å². The fraction of sp³-hybridized carbons (Fsp3) is 0.0870. The second-order valence-corrected chi connectivity index (χ2v) is 8.49. The van der Waals surface area contributed by atoms with Gasteiger partial charge >= 0.3 is 6.18 Å². The highest BCUT2D eigenvalue weighted by atomic mass is 32.2. The molecular formula is C23H19F3N2O4S. The Morgan fingerprint density at radius 1 is 0.939 bits per heavy atom. The Kier molecular flexibility index (Phi) is 7.07. The van der Waals surface area contributed by atoms with Gasteiger partial charge in [-0.25, -0.2) is 8.42 Å². The van der Waals surface area contributed by atoms with Crippen LogP contribution in [0.15, 0.2) is 83.8 Å². The molecule has 33 heavy (non-hydrogen) atoms. The van der Waals surface area contributed by atoms with Crippen molar-refractivity contribution in [3.8, 4) is 5.75 Å². The average molecular weight is 476 g/mol. The molecule has 0 unspecified atom stereocenters. The number of sulfonamides is 1. The summed E-state index contributed by atoms with van der Waals surface area (Å²) in [6, 6.07) is 16.2. The third-order valence-electron chi connectivity index (χ3n) is 4.42. The van der Waals surface area contributed by atoms with Crippen LogP contribution in [-0.2, 0) is 21.0 Å². The molecule has 0 heterocycles. The summed E-state index contributed by atoms with van der Waals surface area (Å²) in [5.74, 6) is 0.262. The molecule has 0 spiro atoms. The molecule has 1 amide bonds. The van der Waals surface area contributed by atoms with Crippen LogP contribution in [-0.4, -0.2) is 21.4 Å². The highest BCUT2D eigenvalue weighted by Crippen LogP contribution is 2.31. The third kappa shape index (κ3) is 6.59. The Bertz CT molecular complexity index is 1250. The van der Waals surface area contributed by atoms with E-state index in [1.165, 1.54) is 36.4 Å². The van der Waals surface area contributed by atoms with Crippen LogP contribution in [0, 0.1) is 0 Å². The van der Waals surface area contributed by atoms with Crippen molar-refractivity contribution in [2.75, 3.05) is 17.1 Å². The van der Waals surface area contributed by atoms with Crippen molar-refractivity contribution < 1.29 is 31.1 Å². The third-order valence-corrected chi connectivity index (χ3v) is 5.81. The summed E-state index contributed by atoms with van der Waals surface area (Å²) in [4.78, 5) is 11.9. The highest BCUT2D eigenvalue weighted by Gasteiger charge is 2.30. The smallest absolute Gasteiger partial charge is 0.416 e. The molecule has 0 atom stereocenters. The van der Waals surface area contributed by atoms with E-state index in [-0.39, 0.29) is 10.6 Å². The van der Waals surface area contributed by atoms with Crippen molar-refractivity contribution in [2.24, 2.45) is 0 Å². The molecule has 0 aliphatic heterocycles. The first-order valence-electron chi connectivity index (χ1n) is 9.50. The number of anilines is 2. The predicted octanol–water partition coefficient (Wildman–Crippen LogP) is 5.17. The zero-order valence-corrected chi connectivity index (χ0v) is 18.1. The Morgan fingerprint density at radius 2 is 1.61 bits per heavy atom. The summed E-state index contributed by atoms with van der Waals surface area (Å²) < 4.78 is 70.7. The zero-order valence-electron chi connectivity index (χ0n) is 17.3. The molecule has 0 aliphatic rings. The Labute approximate surface area is 188 Å². The van der Waals surface area contributed by atoms with Crippen LogP contribution in [0.4, 0.5) is 24.5 Å². The quantitative estimate of drug-likeness (QED) is 0.461. The van der Waals surface area contributed by atoms with E-state index in [1.807, 2.05) is 0 Å². The number of hydrogen-bond acceptors (Lipinski definition) is 4. The van der Waals surface area contributed by atoms with Crippen molar-refractivity contribution in [3.05, 3.63) is 90.0 Å². The van der Waals surface area contributed by atoms with Gasteiger partial charge in [0.05, 0.1) is 17.6 Å². The van der Waals surface area contributed by atoms with E-state index in [4.69, 9.17) is 4.74 Å². The summed E-state index contributed by atoms with van der Waals surface area (Å²) >= 11 is 0. The van der Waals surface area contributed by atoms with Crippen molar-refractivity contribution in [3.63, 3.8) is 0 Å². The molecule has 2 N–H and O–H groups in total. The minimum absolute atomic E-state index is 0.174. The number of alkyl halides is 3. The maximum atomic E-state index is 12.8. The SMILES string of the molecule is COc1ccc(/C=C/C(=O)Nc2ccc(S(=O)(=O)Nc3cccc(C(F)(F)F)c3)cc2)cc1. The van der Waals surface area contributed by atoms with Gasteiger partial charge in [-0.1, -0.05) is 18.2 Å². The van der Waals surface area contributed by atoms with Gasteiger partial charge in [0.1, 0.15) is 5.75 Å². The highest BCUT2D eigenvalue weighted by molar-refractivity contribution is 7.92. The first kappa shape index (κ1) is 23.9. The number of methoxy groups -OCH3 is 1. The maximum absolute atomic E-state index is 12.8. The topological polar surface area (TPSA) is 84.5 Å². The molecule has 0 saturated heterocycles. The average Bonchev–Trinajstić information content (AvgIpc) is 2.78. The van der Waals surface area contributed by atoms with Crippen LogP contribution in [0.5, 0.6) is 5.75 Å². The molecule has 0 radical (unpaired) electrons. The molecule has 3 rings (SSSR count). The molecule has 0 saturated carbocycles. The molecule has 3 aromatic carbocycles. The van der Waals surface area contributed by atoms with E-state index >= 15 is 0 Å². The molecule has 0 bridgehead atoms. The van der Waals surface area contributed by atoms with Gasteiger partial charge in [0, 0.05) is 17.5 Å². The number of hydrogen-bond donors (Lipinski definition) is 2. The predicted molar refractivity (Wildman–Crippen MR) is 119 cm³/mol. The number of carbonyl (C=O) groups is 1. The van der Waals surface area contributed by atoms with E-state index in [9.17, 15) is 26.4 Å². The Morgan fingerprint density at radius 3 is 2.21 bits per heavy atom. The first-order valence-corrected chi connectivity index (χ1v) is 11.0. The number of nitrogens with one attached hydrogen (secondary N) is 2. The molecule has 0 fully saturated rings. The summed E-state index contributed by atoms with van der Waals surface area (Å²) in [6.45, 7) is 0. The first-order chi connectivity index (χ1) is 15.6. The van der Waals surface area contributed by atoms with Crippen LogP contribution in [0.2, 0.25) is 0 Å². The van der Waals surface area contributed by atoms with Gasteiger partial charge < -0.3 is 10.1 Å². The van der Waals surface area contributed by atoms with Crippen LogP contribution < -0.4 is 14.8 Å². The van der Waals surface area contributed by atoms with Crippen LogP contribution in [0.1, 0.15) is 11.1 Å². The number of benzene rings is 3. The lowest BCUT2D eigenvalue weighted by Crippen LogP contribution is -2.14. The number of halogens is 3. The molecule has 6 nitrogen and oxygen atoms in total. The maximum Gasteiger partial charge on any atom is 0.416 e. The fourth-order valence-corrected chi connectivity index (χ4v) is 3.81. The summed E-state index contributed by atoms with van der Waals surface area (Å²) in [6.07, 6.45) is -1.67. The van der Waals surface area contributed by atoms with Crippen molar-refractivity contribution in [1.29, 1.82) is 0 Å². The minimum Gasteiger partial charge on any atom is -0.497 e. The normalized spacial score (nSPS) is 11.9. The summed E-state index contributed by atoms with van der Waals surface area (Å²) in [5.41, 5.74) is -0.0558. The van der Waals surface area contributed by atoms with Gasteiger partial charge in [0.25, 0.3) is 10.0 Å². The fourth-order valence-electron chi connectivity index (χ4n) is 2.76. The van der Waals surface area contributed by atoms with Gasteiger partial charge in [-0.15, -0.1) is 0 Å². The van der Waals surface area contributed by atoms with Gasteiger partial charge in [-0.2, -0.15) is 13.2 Å². The largest absolute Gasteiger partial charge is 0.497 e. The Hall–Kier alpha value is -3.79. The number of amides is 1. The van der Waals surface area contributed by atoms with E-state index < -0.39 is 27.7 Å². The standard InChI is InChI=1S/C23H19F3N2O4S/c1-32-20-10-5-16(6-11-20)7-14-22(29)27-18-8-12-21(13-9-18)33(30,31)28-19-4-2-3-17(15-19)23(24,25)26/h2-15,28H,1H3,(H,27,29)/b14-7+. The number of carbonyl (C=O) groups excluding carboxylic acids is 1. The van der Waals surface area contributed by atoms with Crippen LogP contribution in [0.25, 0.3) is 6.08 Å². The van der Waals surface area contributed by atoms with Gasteiger partial charge in [0.15, 0.2) is 0 Å². The monoisotopic (exact) mass is 476 g/mol. The van der Waals surface area contributed by atoms with E-state index in [0.717, 1.165) is 17.7 Å². The van der Waals surface area contributed by atoms with Crippen LogP contribution >= 0.6 is 0 Å². The van der Waals surface area contributed by atoms with Crippen molar-refractivity contribution in [1.82, 2.24) is 0 Å².